The number of hydrogen-bond acceptors (Lipinski definition) is 3. The van der Waals surface area contributed by atoms with Gasteiger partial charge in [0.15, 0.2) is 0 Å². The summed E-state index contributed by atoms with van der Waals surface area (Å²) in [5.74, 6) is -0.241. The second-order valence-electron chi connectivity index (χ2n) is 1.08. The van der Waals surface area contributed by atoms with Gasteiger partial charge in [0.25, 0.3) is 0 Å². The molecule has 0 unspecified atom stereocenters. The number of aliphatic carboxylic acids is 1. The third kappa shape index (κ3) is 11.7. The summed E-state index contributed by atoms with van der Waals surface area (Å²) < 4.78 is 0. The number of carboxylic acids is 1. The van der Waals surface area contributed by atoms with Crippen LogP contribution in [0.4, 0.5) is 0 Å². The van der Waals surface area contributed by atoms with Gasteiger partial charge >= 0.3 is 22.4 Å². The van der Waals surface area contributed by atoms with Gasteiger partial charge in [0.05, 0.1) is 5.97 Å². The van der Waals surface area contributed by atoms with Crippen LogP contribution >= 0.6 is 11.8 Å². The Balaban J connectivity index is 0. The van der Waals surface area contributed by atoms with E-state index in [4.69, 9.17) is 0 Å². The van der Waals surface area contributed by atoms with Crippen molar-refractivity contribution in [2.75, 3.05) is 5.75 Å². The van der Waals surface area contributed by atoms with Crippen LogP contribution in [0, 0.1) is 0 Å². The maximum Gasteiger partial charge on any atom is 1.00 e. The van der Waals surface area contributed by atoms with Crippen LogP contribution in [-0.4, -0.2) is 11.7 Å². The summed E-state index contributed by atoms with van der Waals surface area (Å²) in [5.41, 5.74) is 0. The summed E-state index contributed by atoms with van der Waals surface area (Å²) in [6.07, 6.45) is 1.02. The minimum atomic E-state index is -1.13. The second kappa shape index (κ2) is 8.30. The SMILES string of the molecule is CCS/C=C/C(=O)[O-].[Ag+]. The van der Waals surface area contributed by atoms with E-state index in [1.807, 2.05) is 6.92 Å². The van der Waals surface area contributed by atoms with Crippen LogP contribution in [0.2, 0.25) is 0 Å². The molecule has 0 amide bonds. The number of rotatable bonds is 3. The molecule has 0 saturated carbocycles. The van der Waals surface area contributed by atoms with Crippen LogP contribution in [0.3, 0.4) is 0 Å². The molecule has 2 nitrogen and oxygen atoms in total. The fourth-order valence-corrected chi connectivity index (χ4v) is 0.600. The van der Waals surface area contributed by atoms with Crippen LogP contribution in [-0.2, 0) is 27.2 Å². The summed E-state index contributed by atoms with van der Waals surface area (Å²) in [4.78, 5) is 9.66. The van der Waals surface area contributed by atoms with E-state index in [0.29, 0.717) is 0 Å². The van der Waals surface area contributed by atoms with E-state index < -0.39 is 5.97 Å². The predicted octanol–water partition coefficient (Wildman–Crippen LogP) is 0.000600. The van der Waals surface area contributed by atoms with Crippen LogP contribution in [0.15, 0.2) is 11.5 Å². The molecule has 4 heteroatoms. The first kappa shape index (κ1) is 12.0. The number of carboxylic acid groups (broad SMARTS) is 1. The smallest absolute Gasteiger partial charge is 0.545 e. The molecule has 0 aromatic carbocycles. The maximum absolute atomic E-state index is 9.66. The standard InChI is InChI=1S/C5H8O2S.Ag/c1-2-8-4-3-5(6)7;/h3-4H,2H2,1H3,(H,6,7);/q;+1/p-1/b4-3+;. The van der Waals surface area contributed by atoms with Gasteiger partial charge in [0.2, 0.25) is 0 Å². The molecule has 0 aliphatic heterocycles. The van der Waals surface area contributed by atoms with Crippen molar-refractivity contribution in [1.29, 1.82) is 0 Å². The van der Waals surface area contributed by atoms with Crippen LogP contribution in [0.25, 0.3) is 0 Å². The topological polar surface area (TPSA) is 40.1 Å². The van der Waals surface area contributed by atoms with Gasteiger partial charge in [0, 0.05) is 0 Å². The van der Waals surface area contributed by atoms with E-state index >= 15 is 0 Å². The van der Waals surface area contributed by atoms with E-state index in [2.05, 4.69) is 0 Å². The third-order valence-electron chi connectivity index (χ3n) is 0.467. The molecule has 0 heterocycles. The van der Waals surface area contributed by atoms with Crippen molar-refractivity contribution in [2.24, 2.45) is 0 Å². The molecule has 0 radical (unpaired) electrons. The summed E-state index contributed by atoms with van der Waals surface area (Å²) in [5, 5.41) is 11.2. The largest absolute Gasteiger partial charge is 1.00 e. The minimum absolute atomic E-state index is 0. The quantitative estimate of drug-likeness (QED) is 0.514. The Hall–Kier alpha value is 0.300. The Morgan fingerprint density at radius 2 is 2.33 bits per heavy atom. The maximum atomic E-state index is 9.66. The number of hydrogen-bond donors (Lipinski definition) is 0. The van der Waals surface area contributed by atoms with Gasteiger partial charge in [-0.1, -0.05) is 6.92 Å². The van der Waals surface area contributed by atoms with Crippen LogP contribution < -0.4 is 5.11 Å². The van der Waals surface area contributed by atoms with Gasteiger partial charge in [0.1, 0.15) is 0 Å². The Kier molecular flexibility index (Phi) is 11.1. The zero-order valence-corrected chi connectivity index (χ0v) is 7.19. The Bertz CT molecular complexity index is 103. The van der Waals surface area contributed by atoms with Gasteiger partial charge in [-0.3, -0.25) is 0 Å². The first-order valence-electron chi connectivity index (χ1n) is 2.26. The van der Waals surface area contributed by atoms with E-state index in [1.54, 1.807) is 0 Å². The van der Waals surface area contributed by atoms with Gasteiger partial charge in [-0.2, -0.15) is 0 Å². The Labute approximate surface area is 74.2 Å². The second-order valence-corrected chi connectivity index (χ2v) is 2.26. The first-order valence-corrected chi connectivity index (χ1v) is 3.31. The molecular weight excluding hydrogens is 232 g/mol. The Morgan fingerprint density at radius 3 is 2.67 bits per heavy atom. The molecule has 0 aliphatic rings. The van der Waals surface area contributed by atoms with E-state index in [1.165, 1.54) is 17.2 Å². The molecule has 0 spiro atoms. The molecule has 0 fully saturated rings. The van der Waals surface area contributed by atoms with Gasteiger partial charge < -0.3 is 9.90 Å². The fourth-order valence-electron chi connectivity index (χ4n) is 0.200. The van der Waals surface area contributed by atoms with Crippen molar-refractivity contribution in [3.63, 3.8) is 0 Å². The predicted molar refractivity (Wildman–Crippen MR) is 32.3 cm³/mol. The average Bonchev–Trinajstić information content (AvgIpc) is 1.66. The normalized spacial score (nSPS) is 9.00. The summed E-state index contributed by atoms with van der Waals surface area (Å²) >= 11 is 1.44. The number of carbonyl (C=O) groups is 1. The summed E-state index contributed by atoms with van der Waals surface area (Å²) in [6.45, 7) is 1.95. The van der Waals surface area contributed by atoms with Crippen molar-refractivity contribution in [3.8, 4) is 0 Å². The molecule has 0 saturated heterocycles. The molecule has 0 bridgehead atoms. The van der Waals surface area contributed by atoms with Gasteiger partial charge in [-0.05, 0) is 17.2 Å². The molecule has 0 aromatic rings. The van der Waals surface area contributed by atoms with Crippen molar-refractivity contribution in [1.82, 2.24) is 0 Å². The zero-order valence-electron chi connectivity index (χ0n) is 4.89. The van der Waals surface area contributed by atoms with Gasteiger partial charge in [-0.15, -0.1) is 11.8 Å². The van der Waals surface area contributed by atoms with Gasteiger partial charge in [-0.25, -0.2) is 0 Å². The number of thioether (sulfide) groups is 1. The molecule has 0 aromatic heterocycles. The summed E-state index contributed by atoms with van der Waals surface area (Å²) in [6, 6.07) is 0. The molecular formula is C5H7AgO2S. The van der Waals surface area contributed by atoms with Crippen LogP contribution in [0.5, 0.6) is 0 Å². The Morgan fingerprint density at radius 1 is 1.78 bits per heavy atom. The molecule has 0 aliphatic carbocycles. The number of carbonyl (C=O) groups excluding carboxylic acids is 1. The molecule has 9 heavy (non-hydrogen) atoms. The minimum Gasteiger partial charge on any atom is -0.545 e. The van der Waals surface area contributed by atoms with Crippen molar-refractivity contribution >= 4 is 17.7 Å². The van der Waals surface area contributed by atoms with E-state index in [0.717, 1.165) is 11.8 Å². The third-order valence-corrected chi connectivity index (χ3v) is 1.13. The van der Waals surface area contributed by atoms with Crippen LogP contribution in [0.1, 0.15) is 6.92 Å². The van der Waals surface area contributed by atoms with E-state index in [-0.39, 0.29) is 22.4 Å². The molecule has 0 atom stereocenters. The fraction of sp³-hybridized carbons (Fsp3) is 0.400. The van der Waals surface area contributed by atoms with Crippen molar-refractivity contribution in [2.45, 2.75) is 6.92 Å². The first-order chi connectivity index (χ1) is 3.77. The van der Waals surface area contributed by atoms with E-state index in [9.17, 15) is 9.90 Å². The average molecular weight is 239 g/mol. The molecule has 56 valence electrons. The zero-order chi connectivity index (χ0) is 6.41. The van der Waals surface area contributed by atoms with Crippen molar-refractivity contribution in [3.05, 3.63) is 11.5 Å². The molecule has 0 N–H and O–H groups in total. The summed E-state index contributed by atoms with van der Waals surface area (Å²) in [7, 11) is 0. The monoisotopic (exact) mass is 238 g/mol. The van der Waals surface area contributed by atoms with Crippen molar-refractivity contribution < 1.29 is 32.3 Å². The molecule has 0 rings (SSSR count).